The molecule has 1 aliphatic rings. The van der Waals surface area contributed by atoms with Crippen LogP contribution in [0.25, 0.3) is 0 Å². The van der Waals surface area contributed by atoms with Crippen LogP contribution in [-0.4, -0.2) is 48.2 Å². The molecule has 0 bridgehead atoms. The lowest BCUT2D eigenvalue weighted by atomic mass is 10.2. The first kappa shape index (κ1) is 18.1. The van der Waals surface area contributed by atoms with E-state index in [2.05, 4.69) is 39.3 Å². The third-order valence-electron chi connectivity index (χ3n) is 4.41. The quantitative estimate of drug-likeness (QED) is 0.829. The second kappa shape index (κ2) is 8.62. The van der Waals surface area contributed by atoms with Crippen LogP contribution in [0.15, 0.2) is 36.7 Å². The Labute approximate surface area is 153 Å². The van der Waals surface area contributed by atoms with Crippen LogP contribution < -0.4 is 15.5 Å². The number of anilines is 3. The molecule has 2 aromatic rings. The first-order chi connectivity index (χ1) is 12.7. The molecule has 2 N–H and O–H groups in total. The van der Waals surface area contributed by atoms with Gasteiger partial charge in [0.1, 0.15) is 17.8 Å². The summed E-state index contributed by atoms with van der Waals surface area (Å²) >= 11 is 0. The standard InChI is InChI=1S/C19H25N5O2/c1-3-14(2)22-18-12-16(20-13-21-18)19(25)23-15-6-4-5-7-17(15)24-8-10-26-11-9-24/h4-7,12-14H,3,8-11H2,1-2H3,(H,23,25)(H,20,21,22). The van der Waals surface area contributed by atoms with E-state index in [4.69, 9.17) is 4.74 Å². The molecule has 138 valence electrons. The SMILES string of the molecule is CCC(C)Nc1cc(C(=O)Nc2ccccc2N2CCOCC2)ncn1. The van der Waals surface area contributed by atoms with Gasteiger partial charge in [-0.15, -0.1) is 0 Å². The summed E-state index contributed by atoms with van der Waals surface area (Å²) in [7, 11) is 0. The van der Waals surface area contributed by atoms with Crippen molar-refractivity contribution in [1.82, 2.24) is 9.97 Å². The average molecular weight is 355 g/mol. The number of nitrogens with zero attached hydrogens (tertiary/aromatic N) is 3. The van der Waals surface area contributed by atoms with Gasteiger partial charge in [0.2, 0.25) is 0 Å². The third kappa shape index (κ3) is 4.49. The van der Waals surface area contributed by atoms with Gasteiger partial charge in [0.15, 0.2) is 0 Å². The summed E-state index contributed by atoms with van der Waals surface area (Å²) in [6, 6.07) is 9.76. The highest BCUT2D eigenvalue weighted by atomic mass is 16.5. The van der Waals surface area contributed by atoms with Crippen molar-refractivity contribution in [3.63, 3.8) is 0 Å². The number of carbonyl (C=O) groups excluding carboxylic acids is 1. The molecule has 7 nitrogen and oxygen atoms in total. The Bertz CT molecular complexity index is 746. The molecule has 1 fully saturated rings. The summed E-state index contributed by atoms with van der Waals surface area (Å²) < 4.78 is 5.41. The van der Waals surface area contributed by atoms with E-state index in [9.17, 15) is 4.79 Å². The molecule has 1 amide bonds. The molecule has 1 aromatic carbocycles. The molecule has 26 heavy (non-hydrogen) atoms. The van der Waals surface area contributed by atoms with Crippen LogP contribution in [0.4, 0.5) is 17.2 Å². The molecular weight excluding hydrogens is 330 g/mol. The van der Waals surface area contributed by atoms with Crippen LogP contribution in [0.3, 0.4) is 0 Å². The summed E-state index contributed by atoms with van der Waals surface area (Å²) in [5, 5.41) is 6.24. The number of hydrogen-bond donors (Lipinski definition) is 2. The molecule has 2 heterocycles. The van der Waals surface area contributed by atoms with Crippen LogP contribution in [0.1, 0.15) is 30.8 Å². The van der Waals surface area contributed by atoms with Crippen molar-refractivity contribution in [1.29, 1.82) is 0 Å². The van der Waals surface area contributed by atoms with Gasteiger partial charge in [0, 0.05) is 25.2 Å². The number of para-hydroxylation sites is 2. The molecule has 1 aromatic heterocycles. The van der Waals surface area contributed by atoms with Crippen molar-refractivity contribution in [2.75, 3.05) is 41.8 Å². The van der Waals surface area contributed by atoms with E-state index in [-0.39, 0.29) is 11.9 Å². The molecule has 1 saturated heterocycles. The summed E-state index contributed by atoms with van der Waals surface area (Å²) in [4.78, 5) is 23.2. The van der Waals surface area contributed by atoms with Gasteiger partial charge in [-0.3, -0.25) is 4.79 Å². The van der Waals surface area contributed by atoms with Crippen molar-refractivity contribution in [3.05, 3.63) is 42.4 Å². The number of benzene rings is 1. The zero-order valence-electron chi connectivity index (χ0n) is 15.2. The predicted octanol–water partition coefficient (Wildman–Crippen LogP) is 2.78. The Kier molecular flexibility index (Phi) is 6.01. The maximum absolute atomic E-state index is 12.7. The smallest absolute Gasteiger partial charge is 0.274 e. The summed E-state index contributed by atoms with van der Waals surface area (Å²) in [6.07, 6.45) is 2.38. The number of amides is 1. The van der Waals surface area contributed by atoms with E-state index in [0.29, 0.717) is 24.7 Å². The van der Waals surface area contributed by atoms with Crippen molar-refractivity contribution in [2.24, 2.45) is 0 Å². The highest BCUT2D eigenvalue weighted by Gasteiger charge is 2.17. The fourth-order valence-corrected chi connectivity index (χ4v) is 2.76. The Morgan fingerprint density at radius 1 is 1.27 bits per heavy atom. The average Bonchev–Trinajstić information content (AvgIpc) is 2.69. The van der Waals surface area contributed by atoms with Crippen LogP contribution >= 0.6 is 0 Å². The largest absolute Gasteiger partial charge is 0.378 e. The third-order valence-corrected chi connectivity index (χ3v) is 4.41. The lowest BCUT2D eigenvalue weighted by molar-refractivity contribution is 0.102. The lowest BCUT2D eigenvalue weighted by Gasteiger charge is -2.30. The number of aromatic nitrogens is 2. The van der Waals surface area contributed by atoms with E-state index in [1.54, 1.807) is 6.07 Å². The normalized spacial score (nSPS) is 15.4. The van der Waals surface area contributed by atoms with E-state index < -0.39 is 0 Å². The Morgan fingerprint density at radius 3 is 2.81 bits per heavy atom. The molecule has 3 rings (SSSR count). The zero-order valence-corrected chi connectivity index (χ0v) is 15.2. The van der Waals surface area contributed by atoms with Gasteiger partial charge in [-0.05, 0) is 25.5 Å². The minimum atomic E-state index is -0.250. The molecule has 1 unspecified atom stereocenters. The topological polar surface area (TPSA) is 79.4 Å². The highest BCUT2D eigenvalue weighted by molar-refractivity contribution is 6.05. The second-order valence-corrected chi connectivity index (χ2v) is 6.31. The van der Waals surface area contributed by atoms with Crippen molar-refractivity contribution >= 4 is 23.1 Å². The first-order valence-electron chi connectivity index (χ1n) is 8.99. The van der Waals surface area contributed by atoms with Crippen LogP contribution in [0.2, 0.25) is 0 Å². The molecule has 7 heteroatoms. The Morgan fingerprint density at radius 2 is 2.04 bits per heavy atom. The van der Waals surface area contributed by atoms with Gasteiger partial charge in [-0.1, -0.05) is 19.1 Å². The zero-order chi connectivity index (χ0) is 18.4. The van der Waals surface area contributed by atoms with Gasteiger partial charge in [0.25, 0.3) is 5.91 Å². The van der Waals surface area contributed by atoms with Gasteiger partial charge < -0.3 is 20.3 Å². The fourth-order valence-electron chi connectivity index (χ4n) is 2.76. The van der Waals surface area contributed by atoms with Crippen molar-refractivity contribution in [3.8, 4) is 0 Å². The number of hydrogen-bond acceptors (Lipinski definition) is 6. The van der Waals surface area contributed by atoms with Crippen LogP contribution in [-0.2, 0) is 4.74 Å². The molecule has 1 atom stereocenters. The van der Waals surface area contributed by atoms with Gasteiger partial charge in [0.05, 0.1) is 24.6 Å². The minimum Gasteiger partial charge on any atom is -0.378 e. The van der Waals surface area contributed by atoms with Crippen LogP contribution in [0.5, 0.6) is 0 Å². The van der Waals surface area contributed by atoms with E-state index in [1.807, 2.05) is 24.3 Å². The number of ether oxygens (including phenoxy) is 1. The van der Waals surface area contributed by atoms with Crippen molar-refractivity contribution in [2.45, 2.75) is 26.3 Å². The monoisotopic (exact) mass is 355 g/mol. The number of carbonyl (C=O) groups is 1. The number of rotatable bonds is 6. The number of nitrogens with one attached hydrogen (secondary N) is 2. The Hall–Kier alpha value is -2.67. The molecule has 0 spiro atoms. The molecule has 0 radical (unpaired) electrons. The maximum Gasteiger partial charge on any atom is 0.274 e. The predicted molar refractivity (Wildman–Crippen MR) is 103 cm³/mol. The lowest BCUT2D eigenvalue weighted by Crippen LogP contribution is -2.36. The van der Waals surface area contributed by atoms with E-state index in [1.165, 1.54) is 6.33 Å². The van der Waals surface area contributed by atoms with Gasteiger partial charge in [-0.2, -0.15) is 0 Å². The van der Waals surface area contributed by atoms with Gasteiger partial charge >= 0.3 is 0 Å². The molecule has 0 saturated carbocycles. The van der Waals surface area contributed by atoms with Crippen molar-refractivity contribution < 1.29 is 9.53 Å². The summed E-state index contributed by atoms with van der Waals surface area (Å²) in [6.45, 7) is 7.17. The summed E-state index contributed by atoms with van der Waals surface area (Å²) in [5.74, 6) is 0.404. The minimum absolute atomic E-state index is 0.250. The van der Waals surface area contributed by atoms with E-state index >= 15 is 0 Å². The van der Waals surface area contributed by atoms with Crippen LogP contribution in [0, 0.1) is 0 Å². The fraction of sp³-hybridized carbons (Fsp3) is 0.421. The van der Waals surface area contributed by atoms with Gasteiger partial charge in [-0.25, -0.2) is 9.97 Å². The highest BCUT2D eigenvalue weighted by Crippen LogP contribution is 2.26. The maximum atomic E-state index is 12.7. The Balaban J connectivity index is 1.75. The number of morpholine rings is 1. The summed E-state index contributed by atoms with van der Waals surface area (Å²) in [5.41, 5.74) is 2.10. The molecular formula is C19H25N5O2. The van der Waals surface area contributed by atoms with E-state index in [0.717, 1.165) is 30.9 Å². The molecule has 0 aliphatic carbocycles. The second-order valence-electron chi connectivity index (χ2n) is 6.31. The first-order valence-corrected chi connectivity index (χ1v) is 8.99. The molecule has 1 aliphatic heterocycles.